The lowest BCUT2D eigenvalue weighted by molar-refractivity contribution is -0.139. The molecule has 0 aliphatic heterocycles. The summed E-state index contributed by atoms with van der Waals surface area (Å²) in [6.07, 6.45) is 12.5. The quantitative estimate of drug-likeness (QED) is 0.275. The number of esters is 1. The van der Waals surface area contributed by atoms with Crippen LogP contribution in [0.4, 0.5) is 0 Å². The maximum atomic E-state index is 12.0. The van der Waals surface area contributed by atoms with E-state index in [0.717, 1.165) is 37.7 Å². The molecule has 0 spiro atoms. The molecule has 0 atom stereocenters. The van der Waals surface area contributed by atoms with Gasteiger partial charge in [0.25, 0.3) is 0 Å². The van der Waals surface area contributed by atoms with Gasteiger partial charge in [-0.2, -0.15) is 0 Å². The number of rotatable bonds is 8. The van der Waals surface area contributed by atoms with Gasteiger partial charge in [0.2, 0.25) is 0 Å². The van der Waals surface area contributed by atoms with Crippen LogP contribution in [-0.2, 0) is 9.53 Å². The highest BCUT2D eigenvalue weighted by Gasteiger charge is 2.25. The second kappa shape index (κ2) is 9.40. The molecule has 0 aromatic rings. The minimum absolute atomic E-state index is 0.134. The molecule has 0 amide bonds. The Morgan fingerprint density at radius 1 is 1.16 bits per heavy atom. The van der Waals surface area contributed by atoms with Crippen LogP contribution in [0.1, 0.15) is 87.0 Å². The summed E-state index contributed by atoms with van der Waals surface area (Å²) in [5.41, 5.74) is 4.14. The van der Waals surface area contributed by atoms with E-state index in [4.69, 9.17) is 4.74 Å². The highest BCUT2D eigenvalue weighted by Crippen LogP contribution is 2.38. The zero-order valence-corrected chi connectivity index (χ0v) is 17.5. The third kappa shape index (κ3) is 7.22. The maximum absolute atomic E-state index is 12.0. The molecule has 0 aromatic heterocycles. The summed E-state index contributed by atoms with van der Waals surface area (Å²) in [6.45, 7) is 16.3. The van der Waals surface area contributed by atoms with E-state index in [-0.39, 0.29) is 16.8 Å². The van der Waals surface area contributed by atoms with Gasteiger partial charge in [0.15, 0.2) is 0 Å². The lowest BCUT2D eigenvalue weighted by atomic mass is 9.75. The van der Waals surface area contributed by atoms with Crippen molar-refractivity contribution in [2.45, 2.75) is 87.0 Å². The first-order valence-corrected chi connectivity index (χ1v) is 9.81. The third-order valence-corrected chi connectivity index (χ3v) is 5.40. The van der Waals surface area contributed by atoms with Crippen LogP contribution in [-0.4, -0.2) is 12.6 Å². The Labute approximate surface area is 155 Å². The number of unbranched alkanes of at least 4 members (excludes halogenated alkanes) is 1. The Morgan fingerprint density at radius 2 is 1.84 bits per heavy atom. The van der Waals surface area contributed by atoms with Crippen molar-refractivity contribution in [3.8, 4) is 0 Å². The summed E-state index contributed by atoms with van der Waals surface area (Å²) in [5, 5.41) is 0. The molecule has 1 aliphatic rings. The SMILES string of the molecule is CCCCOC(=O)C1=CCC(C(C)(C)CC/C=C(\C)C(C)(C)C)=CC1. The van der Waals surface area contributed by atoms with Crippen LogP contribution in [0.25, 0.3) is 0 Å². The van der Waals surface area contributed by atoms with E-state index in [0.29, 0.717) is 13.0 Å². The van der Waals surface area contributed by atoms with Crippen LogP contribution < -0.4 is 0 Å². The molecule has 142 valence electrons. The predicted octanol–water partition coefficient (Wildman–Crippen LogP) is 6.78. The number of ether oxygens (including phenoxy) is 1. The molecule has 0 bridgehead atoms. The minimum Gasteiger partial charge on any atom is -0.462 e. The van der Waals surface area contributed by atoms with Gasteiger partial charge < -0.3 is 4.74 Å². The molecule has 1 rings (SSSR count). The van der Waals surface area contributed by atoms with Gasteiger partial charge >= 0.3 is 5.97 Å². The zero-order chi connectivity index (χ0) is 19.1. The molecule has 0 saturated carbocycles. The summed E-state index contributed by atoms with van der Waals surface area (Å²) in [4.78, 5) is 12.0. The number of carbonyl (C=O) groups excluding carboxylic acids is 1. The zero-order valence-electron chi connectivity index (χ0n) is 17.5. The lowest BCUT2D eigenvalue weighted by Crippen LogP contribution is -2.18. The van der Waals surface area contributed by atoms with Crippen LogP contribution in [0.5, 0.6) is 0 Å². The lowest BCUT2D eigenvalue weighted by Gasteiger charge is -2.30. The minimum atomic E-state index is -0.134. The van der Waals surface area contributed by atoms with Crippen molar-refractivity contribution in [1.29, 1.82) is 0 Å². The van der Waals surface area contributed by atoms with Gasteiger partial charge in [0, 0.05) is 5.57 Å². The number of carbonyl (C=O) groups is 1. The Morgan fingerprint density at radius 3 is 2.36 bits per heavy atom. The fourth-order valence-electron chi connectivity index (χ4n) is 2.87. The van der Waals surface area contributed by atoms with Gasteiger partial charge in [-0.25, -0.2) is 4.79 Å². The van der Waals surface area contributed by atoms with Gasteiger partial charge in [-0.3, -0.25) is 0 Å². The number of hydrogen-bond donors (Lipinski definition) is 0. The van der Waals surface area contributed by atoms with Crippen molar-refractivity contribution in [3.05, 3.63) is 34.9 Å². The average Bonchev–Trinajstić information content (AvgIpc) is 2.54. The predicted molar refractivity (Wildman–Crippen MR) is 107 cm³/mol. The van der Waals surface area contributed by atoms with Crippen molar-refractivity contribution in [2.24, 2.45) is 10.8 Å². The average molecular weight is 347 g/mol. The van der Waals surface area contributed by atoms with Crippen LogP contribution in [0.3, 0.4) is 0 Å². The summed E-state index contributed by atoms with van der Waals surface area (Å²) in [6, 6.07) is 0. The maximum Gasteiger partial charge on any atom is 0.334 e. The molecule has 0 radical (unpaired) electrons. The fourth-order valence-corrected chi connectivity index (χ4v) is 2.87. The normalized spacial score (nSPS) is 16.4. The van der Waals surface area contributed by atoms with E-state index in [2.05, 4.69) is 66.7 Å². The Balaban J connectivity index is 2.55. The van der Waals surface area contributed by atoms with Crippen LogP contribution in [0, 0.1) is 10.8 Å². The van der Waals surface area contributed by atoms with E-state index in [9.17, 15) is 4.79 Å². The topological polar surface area (TPSA) is 26.3 Å². The van der Waals surface area contributed by atoms with E-state index in [1.165, 1.54) is 11.1 Å². The van der Waals surface area contributed by atoms with Crippen LogP contribution >= 0.6 is 0 Å². The van der Waals surface area contributed by atoms with E-state index in [1.54, 1.807) is 0 Å². The molecule has 0 saturated heterocycles. The van der Waals surface area contributed by atoms with Crippen molar-refractivity contribution >= 4 is 5.97 Å². The summed E-state index contributed by atoms with van der Waals surface area (Å²) in [5.74, 6) is -0.134. The van der Waals surface area contributed by atoms with Gasteiger partial charge in [-0.15, -0.1) is 0 Å². The Bertz CT molecular complexity index is 539. The van der Waals surface area contributed by atoms with Gasteiger partial charge in [-0.05, 0) is 49.9 Å². The van der Waals surface area contributed by atoms with Crippen LogP contribution in [0.15, 0.2) is 34.9 Å². The third-order valence-electron chi connectivity index (χ3n) is 5.40. The molecule has 0 aromatic carbocycles. The number of allylic oxidation sites excluding steroid dienone is 5. The van der Waals surface area contributed by atoms with Crippen molar-refractivity contribution in [1.82, 2.24) is 0 Å². The van der Waals surface area contributed by atoms with Gasteiger partial charge in [0.05, 0.1) is 6.61 Å². The van der Waals surface area contributed by atoms with Crippen LogP contribution in [0.2, 0.25) is 0 Å². The monoisotopic (exact) mass is 346 g/mol. The molecule has 0 unspecified atom stereocenters. The highest BCUT2D eigenvalue weighted by molar-refractivity contribution is 5.89. The highest BCUT2D eigenvalue weighted by atomic mass is 16.5. The molecular weight excluding hydrogens is 308 g/mol. The molecule has 1 aliphatic carbocycles. The van der Waals surface area contributed by atoms with Crippen molar-refractivity contribution < 1.29 is 9.53 Å². The Kier molecular flexibility index (Phi) is 8.18. The van der Waals surface area contributed by atoms with E-state index in [1.807, 2.05) is 0 Å². The van der Waals surface area contributed by atoms with Gasteiger partial charge in [-0.1, -0.05) is 77.3 Å². The second-order valence-electron chi connectivity index (χ2n) is 8.92. The standard InChI is InChI=1S/C23H38O2/c1-8-9-17-25-21(24)19-12-14-20(15-13-19)23(6,7)16-10-11-18(2)22(3,4)5/h11-12,15H,8-10,13-14,16-17H2,1-7H3/b18-11+. The number of hydrogen-bond acceptors (Lipinski definition) is 2. The summed E-state index contributed by atoms with van der Waals surface area (Å²) in [7, 11) is 0. The molecule has 0 heterocycles. The smallest absolute Gasteiger partial charge is 0.334 e. The second-order valence-corrected chi connectivity index (χ2v) is 8.92. The molecule has 25 heavy (non-hydrogen) atoms. The first-order valence-electron chi connectivity index (χ1n) is 9.81. The first kappa shape index (κ1) is 21.7. The molecule has 0 fully saturated rings. The van der Waals surface area contributed by atoms with E-state index < -0.39 is 0 Å². The van der Waals surface area contributed by atoms with Gasteiger partial charge in [0.1, 0.15) is 0 Å². The van der Waals surface area contributed by atoms with E-state index >= 15 is 0 Å². The summed E-state index contributed by atoms with van der Waals surface area (Å²) >= 11 is 0. The molecule has 2 nitrogen and oxygen atoms in total. The molecular formula is C23H38O2. The van der Waals surface area contributed by atoms with Crippen molar-refractivity contribution in [3.63, 3.8) is 0 Å². The van der Waals surface area contributed by atoms with Crippen molar-refractivity contribution in [2.75, 3.05) is 6.61 Å². The Hall–Kier alpha value is -1.31. The fraction of sp³-hybridized carbons (Fsp3) is 0.696. The molecule has 0 N–H and O–H groups in total. The largest absolute Gasteiger partial charge is 0.462 e. The summed E-state index contributed by atoms with van der Waals surface area (Å²) < 4.78 is 5.32. The molecule has 2 heteroatoms. The first-order chi connectivity index (χ1) is 11.6.